The highest BCUT2D eigenvalue weighted by molar-refractivity contribution is 5.76. The molecule has 2 aliphatic rings. The van der Waals surface area contributed by atoms with Gasteiger partial charge >= 0.3 is 0 Å². The van der Waals surface area contributed by atoms with Gasteiger partial charge in [-0.05, 0) is 53.9 Å². The number of nitriles is 1. The van der Waals surface area contributed by atoms with Crippen molar-refractivity contribution in [1.82, 2.24) is 9.55 Å². The van der Waals surface area contributed by atoms with Crippen molar-refractivity contribution in [2.45, 2.75) is 52.6 Å². The normalized spacial score (nSPS) is 24.3. The molecule has 2 atom stereocenters. The molecule has 5 heteroatoms. The van der Waals surface area contributed by atoms with Gasteiger partial charge in [0.05, 0.1) is 29.2 Å². The van der Waals surface area contributed by atoms with Crippen LogP contribution in [0.3, 0.4) is 0 Å². The van der Waals surface area contributed by atoms with Gasteiger partial charge in [0.15, 0.2) is 5.82 Å². The Labute approximate surface area is 183 Å². The van der Waals surface area contributed by atoms with E-state index in [1.165, 1.54) is 6.42 Å². The van der Waals surface area contributed by atoms with E-state index in [0.29, 0.717) is 24.0 Å². The molecule has 5 nitrogen and oxygen atoms in total. The largest absolute Gasteiger partial charge is 0.348 e. The van der Waals surface area contributed by atoms with Crippen molar-refractivity contribution in [3.63, 3.8) is 0 Å². The number of hydrogen-bond acceptors (Lipinski definition) is 4. The summed E-state index contributed by atoms with van der Waals surface area (Å²) in [7, 11) is 0. The third-order valence-corrected chi connectivity index (χ3v) is 6.99. The highest BCUT2D eigenvalue weighted by atomic mass is 16.1. The van der Waals surface area contributed by atoms with Crippen LogP contribution in [0.2, 0.25) is 0 Å². The van der Waals surface area contributed by atoms with E-state index in [0.717, 1.165) is 36.0 Å². The maximum absolute atomic E-state index is 13.8. The molecular weight excluding hydrogens is 384 g/mol. The third-order valence-electron chi connectivity index (χ3n) is 6.99. The lowest BCUT2D eigenvalue weighted by atomic mass is 9.65. The molecule has 1 saturated carbocycles. The van der Waals surface area contributed by atoms with E-state index in [9.17, 15) is 10.1 Å². The van der Waals surface area contributed by atoms with Crippen LogP contribution in [-0.2, 0) is 6.54 Å². The van der Waals surface area contributed by atoms with E-state index in [1.807, 2.05) is 42.5 Å². The lowest BCUT2D eigenvalue weighted by Crippen LogP contribution is -2.38. The van der Waals surface area contributed by atoms with Gasteiger partial charge in [-0.15, -0.1) is 0 Å². The Hall–Kier alpha value is -3.13. The summed E-state index contributed by atoms with van der Waals surface area (Å²) < 4.78 is 1.80. The van der Waals surface area contributed by atoms with Crippen LogP contribution in [0, 0.1) is 22.2 Å². The van der Waals surface area contributed by atoms with Crippen molar-refractivity contribution in [2.24, 2.45) is 10.8 Å². The van der Waals surface area contributed by atoms with Gasteiger partial charge in [-0.2, -0.15) is 5.26 Å². The summed E-state index contributed by atoms with van der Waals surface area (Å²) in [6.07, 6.45) is 3.36. The standard InChI is InChI=1S/C26H28N4O/c1-25(2)12-20-13-26(3,16-25)17-30(20)23-24(31)29(22-11-7-6-10-21(22)28-23)15-19-9-5-4-8-18(19)14-27/h4-11,20H,12-13,15-17H2,1-3H3/t20-,26-/m0/s1. The van der Waals surface area contributed by atoms with E-state index in [1.54, 1.807) is 10.6 Å². The summed E-state index contributed by atoms with van der Waals surface area (Å²) in [5.41, 5.74) is 3.49. The van der Waals surface area contributed by atoms with E-state index in [-0.39, 0.29) is 16.4 Å². The zero-order chi connectivity index (χ0) is 21.8. The summed E-state index contributed by atoms with van der Waals surface area (Å²) in [5.74, 6) is 0.555. The second kappa shape index (κ2) is 6.95. The minimum atomic E-state index is -0.0691. The first-order valence-corrected chi connectivity index (χ1v) is 11.0. The zero-order valence-electron chi connectivity index (χ0n) is 18.4. The number of para-hydroxylation sites is 2. The predicted octanol–water partition coefficient (Wildman–Crippen LogP) is 4.72. The topological polar surface area (TPSA) is 61.9 Å². The first-order valence-electron chi connectivity index (χ1n) is 11.0. The Morgan fingerprint density at radius 2 is 1.84 bits per heavy atom. The summed E-state index contributed by atoms with van der Waals surface area (Å²) in [5, 5.41) is 9.53. The molecule has 0 spiro atoms. The van der Waals surface area contributed by atoms with Crippen LogP contribution in [0.15, 0.2) is 53.3 Å². The second-order valence-corrected chi connectivity index (χ2v) is 10.4. The highest BCUT2D eigenvalue weighted by Crippen LogP contribution is 2.52. The average Bonchev–Trinajstić information content (AvgIpc) is 2.98. The van der Waals surface area contributed by atoms with Gasteiger partial charge in [-0.1, -0.05) is 51.1 Å². The molecule has 2 aromatic carbocycles. The molecule has 0 amide bonds. The smallest absolute Gasteiger partial charge is 0.294 e. The Kier molecular flexibility index (Phi) is 4.44. The van der Waals surface area contributed by atoms with Gasteiger partial charge in [-0.25, -0.2) is 4.98 Å². The number of fused-ring (bicyclic) bond motifs is 3. The molecule has 1 saturated heterocycles. The van der Waals surface area contributed by atoms with E-state index in [2.05, 4.69) is 31.7 Å². The lowest BCUT2D eigenvalue weighted by Gasteiger charge is -2.39. The maximum atomic E-state index is 13.8. The SMILES string of the molecule is CC1(C)C[C@H]2C[C@](C)(CN2c2nc3ccccc3n(Cc3ccccc3C#N)c2=O)C1. The first-order chi connectivity index (χ1) is 14.8. The number of anilines is 1. The number of hydrogen-bond donors (Lipinski definition) is 0. The van der Waals surface area contributed by atoms with Gasteiger partial charge in [0, 0.05) is 12.6 Å². The summed E-state index contributed by atoms with van der Waals surface area (Å²) in [6, 6.07) is 17.9. The molecule has 31 heavy (non-hydrogen) atoms. The first kappa shape index (κ1) is 19.8. The molecule has 0 radical (unpaired) electrons. The summed E-state index contributed by atoms with van der Waals surface area (Å²) in [4.78, 5) is 20.9. The monoisotopic (exact) mass is 412 g/mol. The van der Waals surface area contributed by atoms with Crippen LogP contribution in [0.25, 0.3) is 11.0 Å². The Morgan fingerprint density at radius 3 is 2.65 bits per heavy atom. The van der Waals surface area contributed by atoms with Crippen LogP contribution >= 0.6 is 0 Å². The predicted molar refractivity (Wildman–Crippen MR) is 123 cm³/mol. The fourth-order valence-corrected chi connectivity index (χ4v) is 6.17. The molecule has 1 aliphatic carbocycles. The van der Waals surface area contributed by atoms with Crippen molar-refractivity contribution in [3.8, 4) is 6.07 Å². The Balaban J connectivity index is 1.65. The number of nitrogens with zero attached hydrogens (tertiary/aromatic N) is 4. The molecule has 0 unspecified atom stereocenters. The van der Waals surface area contributed by atoms with Crippen LogP contribution < -0.4 is 10.5 Å². The third kappa shape index (κ3) is 3.40. The van der Waals surface area contributed by atoms with E-state index < -0.39 is 0 Å². The minimum Gasteiger partial charge on any atom is -0.348 e. The molecule has 3 aromatic rings. The van der Waals surface area contributed by atoms with E-state index in [4.69, 9.17) is 4.98 Å². The van der Waals surface area contributed by atoms with Gasteiger partial charge < -0.3 is 4.90 Å². The molecule has 5 rings (SSSR count). The quantitative estimate of drug-likeness (QED) is 0.624. The summed E-state index contributed by atoms with van der Waals surface area (Å²) in [6.45, 7) is 8.26. The van der Waals surface area contributed by atoms with E-state index >= 15 is 0 Å². The van der Waals surface area contributed by atoms with Crippen molar-refractivity contribution < 1.29 is 0 Å². The van der Waals surface area contributed by atoms with Crippen molar-refractivity contribution in [3.05, 3.63) is 70.0 Å². The number of benzene rings is 2. The summed E-state index contributed by atoms with van der Waals surface area (Å²) >= 11 is 0. The fraction of sp³-hybridized carbons (Fsp3) is 0.423. The van der Waals surface area contributed by atoms with Crippen LogP contribution in [0.5, 0.6) is 0 Å². The molecule has 158 valence electrons. The number of aromatic nitrogens is 2. The molecule has 1 aromatic heterocycles. The van der Waals surface area contributed by atoms with Crippen LogP contribution in [0.4, 0.5) is 5.82 Å². The lowest BCUT2D eigenvalue weighted by molar-refractivity contribution is 0.136. The average molecular weight is 413 g/mol. The maximum Gasteiger partial charge on any atom is 0.294 e. The van der Waals surface area contributed by atoms with Crippen LogP contribution in [-0.4, -0.2) is 22.1 Å². The van der Waals surface area contributed by atoms with Crippen molar-refractivity contribution in [1.29, 1.82) is 5.26 Å². The molecule has 2 bridgehead atoms. The molecular formula is C26H28N4O. The molecule has 2 fully saturated rings. The number of rotatable bonds is 3. The van der Waals surface area contributed by atoms with Crippen LogP contribution in [0.1, 0.15) is 51.2 Å². The van der Waals surface area contributed by atoms with Crippen molar-refractivity contribution >= 4 is 16.9 Å². The Bertz CT molecular complexity index is 1270. The van der Waals surface area contributed by atoms with Gasteiger partial charge in [0.2, 0.25) is 0 Å². The second-order valence-electron chi connectivity index (χ2n) is 10.4. The molecule has 1 aliphatic heterocycles. The van der Waals surface area contributed by atoms with Gasteiger partial charge in [0.25, 0.3) is 5.56 Å². The molecule has 2 heterocycles. The van der Waals surface area contributed by atoms with Gasteiger partial charge in [0.1, 0.15) is 0 Å². The highest BCUT2D eigenvalue weighted by Gasteiger charge is 2.50. The Morgan fingerprint density at radius 1 is 1.10 bits per heavy atom. The fourth-order valence-electron chi connectivity index (χ4n) is 6.17. The minimum absolute atomic E-state index is 0.0691. The zero-order valence-corrected chi connectivity index (χ0v) is 18.4. The van der Waals surface area contributed by atoms with Gasteiger partial charge in [-0.3, -0.25) is 9.36 Å². The molecule has 0 N–H and O–H groups in total. The van der Waals surface area contributed by atoms with Crippen molar-refractivity contribution in [2.75, 3.05) is 11.4 Å².